The van der Waals surface area contributed by atoms with Crippen LogP contribution in [0.1, 0.15) is 31.4 Å². The van der Waals surface area contributed by atoms with Crippen molar-refractivity contribution in [1.82, 2.24) is 20.3 Å². The zero-order chi connectivity index (χ0) is 22.7. The molecule has 3 aromatic rings. The Kier molecular flexibility index (Phi) is 6.15. The molecule has 0 unspecified atom stereocenters. The number of fused-ring (bicyclic) bond motifs is 2. The molecule has 1 saturated carbocycles. The molecule has 33 heavy (non-hydrogen) atoms. The van der Waals surface area contributed by atoms with Crippen molar-refractivity contribution in [3.05, 3.63) is 42.4 Å². The average Bonchev–Trinajstić information content (AvgIpc) is 2.87. The number of nitrogens with zero attached hydrogens (tertiary/aromatic N) is 3. The van der Waals surface area contributed by atoms with Crippen molar-refractivity contribution in [1.29, 1.82) is 0 Å². The number of anilines is 1. The van der Waals surface area contributed by atoms with E-state index in [9.17, 15) is 5.11 Å². The van der Waals surface area contributed by atoms with Crippen molar-refractivity contribution < 1.29 is 19.3 Å². The molecule has 0 bridgehead atoms. The van der Waals surface area contributed by atoms with Crippen molar-refractivity contribution in [2.45, 2.75) is 43.9 Å². The SMILES string of the molecule is COc1cnc2cccc(NCC3(O)CCC(NCc4cc5c(cn4)OCCO5)CC3)c2n1. The molecule has 174 valence electrons. The summed E-state index contributed by atoms with van der Waals surface area (Å²) in [6, 6.07) is 8.07. The average molecular weight is 452 g/mol. The van der Waals surface area contributed by atoms with Gasteiger partial charge in [0.05, 0.1) is 42.0 Å². The van der Waals surface area contributed by atoms with Gasteiger partial charge < -0.3 is 30.0 Å². The summed E-state index contributed by atoms with van der Waals surface area (Å²) in [6.07, 6.45) is 6.55. The largest absolute Gasteiger partial charge is 0.486 e. The number of ether oxygens (including phenoxy) is 3. The van der Waals surface area contributed by atoms with E-state index in [4.69, 9.17) is 14.2 Å². The smallest absolute Gasteiger partial charge is 0.232 e. The zero-order valence-electron chi connectivity index (χ0n) is 18.7. The molecule has 0 radical (unpaired) electrons. The third kappa shape index (κ3) is 4.94. The van der Waals surface area contributed by atoms with Gasteiger partial charge in [-0.1, -0.05) is 6.07 Å². The van der Waals surface area contributed by atoms with Crippen LogP contribution >= 0.6 is 0 Å². The molecular formula is C24H29N5O4. The van der Waals surface area contributed by atoms with Crippen molar-refractivity contribution in [3.8, 4) is 17.4 Å². The summed E-state index contributed by atoms with van der Waals surface area (Å²) in [5, 5.41) is 18.1. The normalized spacial score (nSPS) is 22.2. The van der Waals surface area contributed by atoms with Crippen LogP contribution in [0.5, 0.6) is 17.4 Å². The van der Waals surface area contributed by atoms with E-state index in [0.717, 1.165) is 41.0 Å². The molecule has 1 aliphatic heterocycles. The molecule has 2 aliphatic rings. The number of hydrogen-bond donors (Lipinski definition) is 3. The van der Waals surface area contributed by atoms with Gasteiger partial charge in [0.1, 0.15) is 18.7 Å². The maximum Gasteiger partial charge on any atom is 0.232 e. The lowest BCUT2D eigenvalue weighted by atomic mass is 9.82. The summed E-state index contributed by atoms with van der Waals surface area (Å²) < 4.78 is 16.4. The monoisotopic (exact) mass is 451 g/mol. The fraction of sp³-hybridized carbons (Fsp3) is 0.458. The number of hydrogen-bond acceptors (Lipinski definition) is 9. The van der Waals surface area contributed by atoms with Gasteiger partial charge >= 0.3 is 0 Å². The van der Waals surface area contributed by atoms with E-state index < -0.39 is 5.60 Å². The second kappa shape index (κ2) is 9.36. The molecule has 1 fully saturated rings. The predicted octanol–water partition coefficient (Wildman–Crippen LogP) is 2.68. The van der Waals surface area contributed by atoms with E-state index in [-0.39, 0.29) is 0 Å². The predicted molar refractivity (Wildman–Crippen MR) is 124 cm³/mol. The molecule has 5 rings (SSSR count). The Morgan fingerprint density at radius 2 is 1.94 bits per heavy atom. The quantitative estimate of drug-likeness (QED) is 0.499. The highest BCUT2D eigenvalue weighted by molar-refractivity contribution is 5.87. The summed E-state index contributed by atoms with van der Waals surface area (Å²) in [5.41, 5.74) is 2.53. The van der Waals surface area contributed by atoms with Gasteiger partial charge in [-0.2, -0.15) is 0 Å². The number of aromatic nitrogens is 3. The lowest BCUT2D eigenvalue weighted by Crippen LogP contribution is -2.45. The minimum Gasteiger partial charge on any atom is -0.486 e. The maximum atomic E-state index is 11.1. The van der Waals surface area contributed by atoms with Crippen LogP contribution in [-0.2, 0) is 6.54 Å². The molecule has 0 spiro atoms. The number of benzene rings is 1. The van der Waals surface area contributed by atoms with Crippen LogP contribution in [0, 0.1) is 0 Å². The van der Waals surface area contributed by atoms with Crippen LogP contribution in [0.3, 0.4) is 0 Å². The summed E-state index contributed by atoms with van der Waals surface area (Å²) >= 11 is 0. The highest BCUT2D eigenvalue weighted by Crippen LogP contribution is 2.31. The number of aliphatic hydroxyl groups is 1. The summed E-state index contributed by atoms with van der Waals surface area (Å²) in [6.45, 7) is 2.25. The Balaban J connectivity index is 1.14. The molecule has 3 heterocycles. The van der Waals surface area contributed by atoms with Crippen LogP contribution in [0.15, 0.2) is 36.7 Å². The number of para-hydroxylation sites is 1. The van der Waals surface area contributed by atoms with Crippen LogP contribution < -0.4 is 24.8 Å². The number of rotatable bonds is 7. The molecule has 9 heteroatoms. The molecule has 9 nitrogen and oxygen atoms in total. The fourth-order valence-electron chi connectivity index (χ4n) is 4.39. The lowest BCUT2D eigenvalue weighted by Gasteiger charge is -2.36. The fourth-order valence-corrected chi connectivity index (χ4v) is 4.39. The Morgan fingerprint density at radius 1 is 1.12 bits per heavy atom. The van der Waals surface area contributed by atoms with E-state index in [1.807, 2.05) is 24.3 Å². The minimum absolute atomic E-state index is 0.341. The zero-order valence-corrected chi connectivity index (χ0v) is 18.7. The van der Waals surface area contributed by atoms with Gasteiger partial charge in [0.25, 0.3) is 0 Å². The summed E-state index contributed by atoms with van der Waals surface area (Å²) in [5.74, 6) is 1.93. The van der Waals surface area contributed by atoms with Crippen LogP contribution in [-0.4, -0.2) is 58.6 Å². The minimum atomic E-state index is -0.762. The van der Waals surface area contributed by atoms with Gasteiger partial charge in [-0.25, -0.2) is 9.97 Å². The van der Waals surface area contributed by atoms with Gasteiger partial charge in [0, 0.05) is 25.2 Å². The number of pyridine rings is 1. The van der Waals surface area contributed by atoms with Crippen LogP contribution in [0.2, 0.25) is 0 Å². The third-order valence-corrected chi connectivity index (χ3v) is 6.34. The van der Waals surface area contributed by atoms with Gasteiger partial charge in [-0.3, -0.25) is 4.98 Å². The Labute approximate surface area is 192 Å². The van der Waals surface area contributed by atoms with E-state index >= 15 is 0 Å². The second-order valence-corrected chi connectivity index (χ2v) is 8.64. The van der Waals surface area contributed by atoms with Gasteiger partial charge in [0.15, 0.2) is 11.5 Å². The highest BCUT2D eigenvalue weighted by Gasteiger charge is 2.33. The summed E-state index contributed by atoms with van der Waals surface area (Å²) in [4.78, 5) is 13.4. The first-order valence-corrected chi connectivity index (χ1v) is 11.4. The topological polar surface area (TPSA) is 111 Å². The first-order valence-electron chi connectivity index (χ1n) is 11.4. The molecule has 0 atom stereocenters. The van der Waals surface area contributed by atoms with E-state index in [2.05, 4.69) is 25.6 Å². The molecule has 1 aliphatic carbocycles. The van der Waals surface area contributed by atoms with Gasteiger partial charge in [0.2, 0.25) is 5.88 Å². The third-order valence-electron chi connectivity index (χ3n) is 6.34. The van der Waals surface area contributed by atoms with Crippen molar-refractivity contribution >= 4 is 16.7 Å². The van der Waals surface area contributed by atoms with E-state index in [1.54, 1.807) is 19.5 Å². The molecule has 0 saturated heterocycles. The van der Waals surface area contributed by atoms with Crippen LogP contribution in [0.4, 0.5) is 5.69 Å². The maximum absolute atomic E-state index is 11.1. The first kappa shape index (κ1) is 21.7. The molecule has 1 aromatic carbocycles. The lowest BCUT2D eigenvalue weighted by molar-refractivity contribution is 0.00848. The molecular weight excluding hydrogens is 422 g/mol. The van der Waals surface area contributed by atoms with E-state index in [1.165, 1.54) is 0 Å². The van der Waals surface area contributed by atoms with Crippen molar-refractivity contribution in [3.63, 3.8) is 0 Å². The Morgan fingerprint density at radius 3 is 2.76 bits per heavy atom. The number of methoxy groups -OCH3 is 1. The Bertz CT molecular complexity index is 1120. The van der Waals surface area contributed by atoms with Gasteiger partial charge in [-0.15, -0.1) is 0 Å². The van der Waals surface area contributed by atoms with Crippen molar-refractivity contribution in [2.75, 3.05) is 32.2 Å². The van der Waals surface area contributed by atoms with Crippen LogP contribution in [0.25, 0.3) is 11.0 Å². The molecule has 3 N–H and O–H groups in total. The summed E-state index contributed by atoms with van der Waals surface area (Å²) in [7, 11) is 1.57. The molecule has 0 amide bonds. The van der Waals surface area contributed by atoms with Crippen molar-refractivity contribution in [2.24, 2.45) is 0 Å². The Hall–Kier alpha value is -3.17. The van der Waals surface area contributed by atoms with Gasteiger partial charge in [-0.05, 0) is 37.8 Å². The molecule has 2 aromatic heterocycles. The number of nitrogens with one attached hydrogen (secondary N) is 2. The highest BCUT2D eigenvalue weighted by atomic mass is 16.6. The first-order chi connectivity index (χ1) is 16.1. The van der Waals surface area contributed by atoms with E-state index in [0.29, 0.717) is 56.8 Å². The standard InChI is InChI=1S/C24H29N5O4/c1-31-22-14-27-18-3-2-4-19(23(18)29-22)28-15-24(30)7-5-16(6-8-24)25-12-17-11-20-21(13-26-17)33-10-9-32-20/h2-4,11,13-14,16,25,28,30H,5-10,12,15H2,1H3. The second-order valence-electron chi connectivity index (χ2n) is 8.64.